The second-order valence-electron chi connectivity index (χ2n) is 5.72. The smallest absolute Gasteiger partial charge is 0.248 e. The maximum absolute atomic E-state index is 12.2. The van der Waals surface area contributed by atoms with Crippen LogP contribution in [0.4, 0.5) is 5.69 Å². The SMILES string of the molecule is O=C(/C=C/c1cccnc1)Nc1ccc2c3c(cccc13)CC2. The van der Waals surface area contributed by atoms with E-state index in [1.54, 1.807) is 24.5 Å². The molecule has 1 aliphatic carbocycles. The van der Waals surface area contributed by atoms with Crippen LogP contribution in [0.3, 0.4) is 0 Å². The number of aromatic nitrogens is 1. The minimum absolute atomic E-state index is 0.132. The van der Waals surface area contributed by atoms with E-state index in [2.05, 4.69) is 34.6 Å². The first-order valence-electron chi connectivity index (χ1n) is 7.74. The van der Waals surface area contributed by atoms with Gasteiger partial charge < -0.3 is 5.32 Å². The van der Waals surface area contributed by atoms with Crippen molar-refractivity contribution in [3.8, 4) is 0 Å². The standard InChI is InChI=1S/C20H16N2O/c23-19(11-6-14-3-2-12-21-13-14)22-18-10-9-16-8-7-15-4-1-5-17(18)20(15)16/h1-6,9-13H,7-8H2,(H,22,23)/b11-6+. The summed E-state index contributed by atoms with van der Waals surface area (Å²) in [6, 6.07) is 14.2. The number of carbonyl (C=O) groups is 1. The number of aryl methyl sites for hydroxylation is 2. The molecule has 2 aromatic carbocycles. The molecule has 0 spiro atoms. The van der Waals surface area contributed by atoms with Gasteiger partial charge in [0.2, 0.25) is 5.91 Å². The van der Waals surface area contributed by atoms with Gasteiger partial charge in [0, 0.05) is 29.5 Å². The second kappa shape index (κ2) is 5.69. The molecule has 0 atom stereocenters. The summed E-state index contributed by atoms with van der Waals surface area (Å²) in [5, 5.41) is 5.42. The molecule has 3 nitrogen and oxygen atoms in total. The predicted octanol–water partition coefficient (Wildman–Crippen LogP) is 3.99. The molecule has 3 aromatic rings. The first kappa shape index (κ1) is 13.7. The zero-order valence-electron chi connectivity index (χ0n) is 12.6. The minimum Gasteiger partial charge on any atom is -0.322 e. The molecule has 1 heterocycles. The first-order valence-corrected chi connectivity index (χ1v) is 7.74. The van der Waals surface area contributed by atoms with E-state index in [9.17, 15) is 4.79 Å². The molecule has 4 rings (SSSR count). The quantitative estimate of drug-likeness (QED) is 0.743. The summed E-state index contributed by atoms with van der Waals surface area (Å²) < 4.78 is 0. The number of amides is 1. The van der Waals surface area contributed by atoms with Gasteiger partial charge in [-0.15, -0.1) is 0 Å². The normalized spacial score (nSPS) is 12.9. The molecule has 0 fully saturated rings. The van der Waals surface area contributed by atoms with Gasteiger partial charge in [-0.1, -0.05) is 30.3 Å². The van der Waals surface area contributed by atoms with Crippen molar-refractivity contribution < 1.29 is 4.79 Å². The zero-order valence-corrected chi connectivity index (χ0v) is 12.6. The van der Waals surface area contributed by atoms with E-state index in [-0.39, 0.29) is 5.91 Å². The van der Waals surface area contributed by atoms with Crippen molar-refractivity contribution in [2.75, 3.05) is 5.32 Å². The molecule has 0 unspecified atom stereocenters. The molecule has 0 aliphatic heterocycles. The zero-order chi connectivity index (χ0) is 15.6. The molecule has 23 heavy (non-hydrogen) atoms. The molecule has 1 N–H and O–H groups in total. The van der Waals surface area contributed by atoms with E-state index in [1.807, 2.05) is 18.2 Å². The second-order valence-corrected chi connectivity index (χ2v) is 5.72. The lowest BCUT2D eigenvalue weighted by atomic mass is 10.0. The largest absolute Gasteiger partial charge is 0.322 e. The van der Waals surface area contributed by atoms with Gasteiger partial charge in [0.25, 0.3) is 0 Å². The Hall–Kier alpha value is -2.94. The summed E-state index contributed by atoms with van der Waals surface area (Å²) in [4.78, 5) is 16.2. The average Bonchev–Trinajstić information content (AvgIpc) is 3.01. The monoisotopic (exact) mass is 300 g/mol. The lowest BCUT2D eigenvalue weighted by Crippen LogP contribution is -2.08. The number of nitrogens with zero attached hydrogens (tertiary/aromatic N) is 1. The lowest BCUT2D eigenvalue weighted by molar-refractivity contribution is -0.111. The Kier molecular flexibility index (Phi) is 3.39. The van der Waals surface area contributed by atoms with Crippen molar-refractivity contribution in [2.45, 2.75) is 12.8 Å². The van der Waals surface area contributed by atoms with Gasteiger partial charge in [-0.05, 0) is 53.1 Å². The minimum atomic E-state index is -0.132. The summed E-state index contributed by atoms with van der Waals surface area (Å²) in [6.45, 7) is 0. The maximum Gasteiger partial charge on any atom is 0.248 e. The number of anilines is 1. The van der Waals surface area contributed by atoms with Gasteiger partial charge in [-0.3, -0.25) is 9.78 Å². The van der Waals surface area contributed by atoms with Crippen LogP contribution in [-0.2, 0) is 17.6 Å². The molecular formula is C20H16N2O. The molecule has 0 radical (unpaired) electrons. The average molecular weight is 300 g/mol. The number of benzene rings is 2. The topological polar surface area (TPSA) is 42.0 Å². The van der Waals surface area contributed by atoms with E-state index in [1.165, 1.54) is 16.5 Å². The number of nitrogens with one attached hydrogen (secondary N) is 1. The van der Waals surface area contributed by atoms with Crippen molar-refractivity contribution in [1.82, 2.24) is 4.98 Å². The highest BCUT2D eigenvalue weighted by atomic mass is 16.1. The van der Waals surface area contributed by atoms with E-state index in [4.69, 9.17) is 0 Å². The van der Waals surface area contributed by atoms with Gasteiger partial charge in [0.1, 0.15) is 0 Å². The van der Waals surface area contributed by atoms with Crippen LogP contribution >= 0.6 is 0 Å². The highest BCUT2D eigenvalue weighted by Gasteiger charge is 2.16. The fourth-order valence-electron chi connectivity index (χ4n) is 3.18. The molecule has 0 bridgehead atoms. The van der Waals surface area contributed by atoms with Crippen LogP contribution < -0.4 is 5.32 Å². The third kappa shape index (κ3) is 2.61. The van der Waals surface area contributed by atoms with E-state index in [0.29, 0.717) is 0 Å². The molecule has 1 amide bonds. The van der Waals surface area contributed by atoms with Crippen molar-refractivity contribution in [2.24, 2.45) is 0 Å². The maximum atomic E-state index is 12.2. The molecule has 0 saturated heterocycles. The van der Waals surface area contributed by atoms with E-state index in [0.717, 1.165) is 29.5 Å². The number of rotatable bonds is 3. The Labute approximate surface area is 134 Å². The van der Waals surface area contributed by atoms with E-state index < -0.39 is 0 Å². The third-order valence-electron chi connectivity index (χ3n) is 4.25. The van der Waals surface area contributed by atoms with Crippen molar-refractivity contribution in [1.29, 1.82) is 0 Å². The lowest BCUT2D eigenvalue weighted by Gasteiger charge is -2.09. The highest BCUT2D eigenvalue weighted by Crippen LogP contribution is 2.34. The molecule has 112 valence electrons. The Morgan fingerprint density at radius 1 is 1.04 bits per heavy atom. The Balaban J connectivity index is 1.61. The van der Waals surface area contributed by atoms with E-state index >= 15 is 0 Å². The van der Waals surface area contributed by atoms with Crippen LogP contribution in [0, 0.1) is 0 Å². The molecule has 0 saturated carbocycles. The fourth-order valence-corrected chi connectivity index (χ4v) is 3.18. The summed E-state index contributed by atoms with van der Waals surface area (Å²) >= 11 is 0. The molecule has 1 aliphatic rings. The summed E-state index contributed by atoms with van der Waals surface area (Å²) in [5.41, 5.74) is 4.52. The van der Waals surface area contributed by atoms with Crippen molar-refractivity contribution >= 4 is 28.4 Å². The van der Waals surface area contributed by atoms with Gasteiger partial charge >= 0.3 is 0 Å². The van der Waals surface area contributed by atoms with Gasteiger partial charge in [0.15, 0.2) is 0 Å². The van der Waals surface area contributed by atoms with Crippen LogP contribution in [0.25, 0.3) is 16.8 Å². The summed E-state index contributed by atoms with van der Waals surface area (Å²) in [5.74, 6) is -0.132. The molecular weight excluding hydrogens is 284 g/mol. The Bertz CT molecular complexity index is 903. The fraction of sp³-hybridized carbons (Fsp3) is 0.100. The third-order valence-corrected chi connectivity index (χ3v) is 4.25. The predicted molar refractivity (Wildman–Crippen MR) is 93.3 cm³/mol. The number of hydrogen-bond acceptors (Lipinski definition) is 2. The number of carbonyl (C=O) groups excluding carboxylic acids is 1. The summed E-state index contributed by atoms with van der Waals surface area (Å²) in [6.07, 6.45) is 8.92. The van der Waals surface area contributed by atoms with Crippen LogP contribution in [0.1, 0.15) is 16.7 Å². The number of pyridine rings is 1. The van der Waals surface area contributed by atoms with Crippen LogP contribution in [0.5, 0.6) is 0 Å². The van der Waals surface area contributed by atoms with Crippen molar-refractivity contribution in [3.63, 3.8) is 0 Å². The van der Waals surface area contributed by atoms with Crippen LogP contribution in [-0.4, -0.2) is 10.9 Å². The molecule has 1 aromatic heterocycles. The highest BCUT2D eigenvalue weighted by molar-refractivity contribution is 6.09. The van der Waals surface area contributed by atoms with Gasteiger partial charge in [-0.25, -0.2) is 0 Å². The van der Waals surface area contributed by atoms with Crippen molar-refractivity contribution in [3.05, 3.63) is 77.6 Å². The Morgan fingerprint density at radius 2 is 1.91 bits per heavy atom. The first-order chi connectivity index (χ1) is 11.3. The van der Waals surface area contributed by atoms with Crippen LogP contribution in [0.2, 0.25) is 0 Å². The van der Waals surface area contributed by atoms with Gasteiger partial charge in [-0.2, -0.15) is 0 Å². The Morgan fingerprint density at radius 3 is 2.74 bits per heavy atom. The van der Waals surface area contributed by atoms with Gasteiger partial charge in [0.05, 0.1) is 0 Å². The van der Waals surface area contributed by atoms with Crippen LogP contribution in [0.15, 0.2) is 60.9 Å². The summed E-state index contributed by atoms with van der Waals surface area (Å²) in [7, 11) is 0. The molecule has 3 heteroatoms. The number of hydrogen-bond donors (Lipinski definition) is 1.